The molecule has 2 nitrogen and oxygen atoms in total. The van der Waals surface area contributed by atoms with Crippen molar-refractivity contribution in [2.75, 3.05) is 19.6 Å². The smallest absolute Gasteiger partial charge is 0.127 e. The molecule has 3 heteroatoms. The Hall–Kier alpha value is -2.13. The van der Waals surface area contributed by atoms with Crippen LogP contribution in [0.1, 0.15) is 69.7 Å². The molecule has 0 bridgehead atoms. The molecule has 0 aromatic heterocycles. The molecule has 0 N–H and O–H groups in total. The molecule has 2 aromatic rings. The fourth-order valence-electron chi connectivity index (χ4n) is 5.64. The van der Waals surface area contributed by atoms with Crippen LogP contribution in [-0.4, -0.2) is 24.5 Å². The van der Waals surface area contributed by atoms with Gasteiger partial charge < -0.3 is 9.64 Å². The summed E-state index contributed by atoms with van der Waals surface area (Å²) < 4.78 is 6.23. The Bertz CT molecular complexity index is 961. The van der Waals surface area contributed by atoms with E-state index in [1.165, 1.54) is 47.5 Å². The maximum atomic E-state index is 6.23. The number of ether oxygens (including phenoxy) is 1. The van der Waals surface area contributed by atoms with Crippen molar-refractivity contribution >= 4 is 5.57 Å². The number of hydrogen-bond acceptors (Lipinski definition) is 2. The van der Waals surface area contributed by atoms with Crippen molar-refractivity contribution in [1.82, 2.24) is 4.90 Å². The molecule has 2 aliphatic heterocycles. The summed E-state index contributed by atoms with van der Waals surface area (Å²) in [6, 6.07) is 15.5. The number of aryl methyl sites for hydroxylation is 1. The van der Waals surface area contributed by atoms with E-state index in [9.17, 15) is 0 Å². The topological polar surface area (TPSA) is 12.5 Å². The van der Waals surface area contributed by atoms with Gasteiger partial charge in [-0.05, 0) is 59.8 Å². The van der Waals surface area contributed by atoms with E-state index < -0.39 is 0 Å². The molecule has 0 amide bonds. The zero-order chi connectivity index (χ0) is 22.2. The quantitative estimate of drug-likeness (QED) is 0.490. The molecule has 2 atom stereocenters. The summed E-state index contributed by atoms with van der Waals surface area (Å²) in [4.78, 5) is 2.71. The van der Waals surface area contributed by atoms with E-state index in [1.807, 2.05) is 13.8 Å². The fraction of sp³-hybridized carbons (Fsp3) is 0.517. The van der Waals surface area contributed by atoms with Crippen molar-refractivity contribution in [1.29, 1.82) is 0 Å². The Labute approximate surface area is 194 Å². The highest BCUT2D eigenvalue weighted by molar-refractivity contribution is 5.87. The van der Waals surface area contributed by atoms with E-state index in [0.717, 1.165) is 30.4 Å². The molecule has 0 spiro atoms. The van der Waals surface area contributed by atoms with E-state index in [4.69, 9.17) is 4.74 Å². The first-order valence-corrected chi connectivity index (χ1v) is 12.2. The van der Waals surface area contributed by atoms with Crippen LogP contribution >= 0.6 is 0 Å². The van der Waals surface area contributed by atoms with Gasteiger partial charge in [0.15, 0.2) is 0 Å². The van der Waals surface area contributed by atoms with Crippen LogP contribution in [0.2, 0.25) is 0 Å². The number of fused-ring (bicyclic) bond motifs is 2. The summed E-state index contributed by atoms with van der Waals surface area (Å²) in [7, 11) is 0. The van der Waals surface area contributed by atoms with Crippen molar-refractivity contribution in [3.05, 3.63) is 70.3 Å². The number of halogens is 1. The number of para-hydroxylation sites is 1. The number of rotatable bonds is 2. The lowest BCUT2D eigenvalue weighted by Crippen LogP contribution is -2.36. The maximum Gasteiger partial charge on any atom is 0.127 e. The van der Waals surface area contributed by atoms with Crippen molar-refractivity contribution in [2.45, 2.75) is 61.0 Å². The van der Waals surface area contributed by atoms with Crippen LogP contribution in [0.5, 0.6) is 5.75 Å². The molecule has 32 heavy (non-hydrogen) atoms. The number of nitrogens with zero attached hydrogens (tertiary/aromatic N) is 1. The third kappa shape index (κ3) is 4.37. The van der Waals surface area contributed by atoms with Crippen molar-refractivity contribution in [3.8, 4) is 5.75 Å². The Morgan fingerprint density at radius 2 is 1.62 bits per heavy atom. The maximum absolute atomic E-state index is 6.23. The Kier molecular flexibility index (Phi) is 7.50. The number of likely N-dealkylation sites (tertiary alicyclic amines) is 1. The van der Waals surface area contributed by atoms with Gasteiger partial charge in [0.05, 0.1) is 0 Å². The molecule has 2 heterocycles. The van der Waals surface area contributed by atoms with Crippen LogP contribution in [0.15, 0.2) is 48.0 Å². The number of hydrogen-bond donors (Lipinski definition) is 0. The van der Waals surface area contributed by atoms with E-state index in [-0.39, 0.29) is 4.70 Å². The van der Waals surface area contributed by atoms with Gasteiger partial charge in [0.25, 0.3) is 0 Å². The standard InChI is InChI=1S/C27H33NO.C2H6.FH/c1-18-9-10-23-22(15-18)16-29-25-8-6-5-7-24(25)26(23)21-11-13-28(14-12-21)17-27(4)19(2)20(27)3;1-2;/h5-10,15,19-20H,11-14,16-17H2,1-4H3;1-2H3;1H. The lowest BCUT2D eigenvalue weighted by Gasteiger charge is -2.32. The second-order valence-corrected chi connectivity index (χ2v) is 9.78. The van der Waals surface area contributed by atoms with Crippen LogP contribution in [0.4, 0.5) is 4.70 Å². The average Bonchev–Trinajstić information content (AvgIpc) is 3.33. The summed E-state index contributed by atoms with van der Waals surface area (Å²) >= 11 is 0. The molecule has 2 aromatic carbocycles. The molecule has 174 valence electrons. The molecular formula is C29H40FNO. The van der Waals surface area contributed by atoms with Gasteiger partial charge in [0.1, 0.15) is 12.4 Å². The number of piperidine rings is 1. The summed E-state index contributed by atoms with van der Waals surface area (Å²) in [5, 5.41) is 0. The highest BCUT2D eigenvalue weighted by Crippen LogP contribution is 2.58. The lowest BCUT2D eigenvalue weighted by atomic mass is 9.86. The highest BCUT2D eigenvalue weighted by atomic mass is 19.0. The van der Waals surface area contributed by atoms with Crippen molar-refractivity contribution in [2.24, 2.45) is 17.3 Å². The first-order valence-electron chi connectivity index (χ1n) is 12.2. The van der Waals surface area contributed by atoms with Gasteiger partial charge in [-0.1, -0.05) is 82.2 Å². The lowest BCUT2D eigenvalue weighted by molar-refractivity contribution is 0.202. The zero-order valence-electron chi connectivity index (χ0n) is 20.7. The normalized spacial score (nSPS) is 26.4. The minimum Gasteiger partial charge on any atom is -0.488 e. The molecule has 0 radical (unpaired) electrons. The van der Waals surface area contributed by atoms with Gasteiger partial charge in [-0.2, -0.15) is 0 Å². The van der Waals surface area contributed by atoms with E-state index in [2.05, 4.69) is 75.1 Å². The third-order valence-corrected chi connectivity index (χ3v) is 8.17. The molecule has 1 saturated heterocycles. The molecule has 2 fully saturated rings. The minimum atomic E-state index is 0. The van der Waals surface area contributed by atoms with E-state index in [1.54, 1.807) is 5.57 Å². The Balaban J connectivity index is 0.000000938. The van der Waals surface area contributed by atoms with Crippen molar-refractivity contribution in [3.63, 3.8) is 0 Å². The summed E-state index contributed by atoms with van der Waals surface area (Å²) in [5.74, 6) is 2.76. The summed E-state index contributed by atoms with van der Waals surface area (Å²) in [5.41, 5.74) is 8.84. The number of benzene rings is 2. The van der Waals surface area contributed by atoms with Gasteiger partial charge in [0.2, 0.25) is 0 Å². The molecule has 1 aliphatic carbocycles. The average molecular weight is 438 g/mol. The second kappa shape index (κ2) is 9.79. The van der Waals surface area contributed by atoms with Crippen LogP contribution in [0, 0.1) is 24.2 Å². The van der Waals surface area contributed by atoms with Crippen LogP contribution < -0.4 is 4.74 Å². The third-order valence-electron chi connectivity index (χ3n) is 8.17. The Morgan fingerprint density at radius 3 is 2.28 bits per heavy atom. The van der Waals surface area contributed by atoms with E-state index >= 15 is 0 Å². The van der Waals surface area contributed by atoms with Crippen LogP contribution in [0.3, 0.4) is 0 Å². The predicted octanol–water partition coefficient (Wildman–Crippen LogP) is 7.26. The first kappa shape index (κ1) is 24.5. The summed E-state index contributed by atoms with van der Waals surface area (Å²) in [6.07, 6.45) is 2.33. The van der Waals surface area contributed by atoms with Crippen molar-refractivity contribution < 1.29 is 9.44 Å². The van der Waals surface area contributed by atoms with Gasteiger partial charge in [0, 0.05) is 25.2 Å². The molecule has 2 unspecified atom stereocenters. The predicted molar refractivity (Wildman–Crippen MR) is 134 cm³/mol. The molecule has 3 aliphatic rings. The zero-order valence-corrected chi connectivity index (χ0v) is 20.7. The van der Waals surface area contributed by atoms with E-state index in [0.29, 0.717) is 12.0 Å². The van der Waals surface area contributed by atoms with Crippen LogP contribution in [-0.2, 0) is 6.61 Å². The highest BCUT2D eigenvalue weighted by Gasteiger charge is 2.55. The Morgan fingerprint density at radius 1 is 0.969 bits per heavy atom. The molecule has 5 rings (SSSR count). The van der Waals surface area contributed by atoms with Gasteiger partial charge in [-0.15, -0.1) is 0 Å². The largest absolute Gasteiger partial charge is 0.488 e. The van der Waals surface area contributed by atoms with Gasteiger partial charge in [-0.25, -0.2) is 0 Å². The van der Waals surface area contributed by atoms with Gasteiger partial charge >= 0.3 is 0 Å². The molecule has 1 saturated carbocycles. The monoisotopic (exact) mass is 437 g/mol. The fourth-order valence-corrected chi connectivity index (χ4v) is 5.64. The van der Waals surface area contributed by atoms with Crippen LogP contribution in [0.25, 0.3) is 5.57 Å². The second-order valence-electron chi connectivity index (χ2n) is 9.78. The molecular weight excluding hydrogens is 397 g/mol. The minimum absolute atomic E-state index is 0. The SMILES string of the molecule is CC.Cc1ccc2c(c1)COc1ccccc1C2=C1CCN(CC2(C)C(C)C2C)CC1.F. The van der Waals surface area contributed by atoms with Gasteiger partial charge in [-0.3, -0.25) is 4.70 Å². The first-order chi connectivity index (χ1) is 15.0. The summed E-state index contributed by atoms with van der Waals surface area (Å²) in [6.45, 7) is 17.8.